The number of aromatic amines is 1. The number of hydrogen-bond acceptors (Lipinski definition) is 5. The molecule has 2 aromatic rings. The molecule has 0 aliphatic carbocycles. The van der Waals surface area contributed by atoms with Crippen LogP contribution in [0.2, 0.25) is 0 Å². The first kappa shape index (κ1) is 18.9. The summed E-state index contributed by atoms with van der Waals surface area (Å²) in [4.78, 5) is 11.1. The van der Waals surface area contributed by atoms with Gasteiger partial charge in [0, 0.05) is 52.0 Å². The van der Waals surface area contributed by atoms with Gasteiger partial charge in [0.05, 0.1) is 0 Å². The summed E-state index contributed by atoms with van der Waals surface area (Å²) in [5, 5.41) is 19.3. The van der Waals surface area contributed by atoms with Crippen molar-refractivity contribution in [1.82, 2.24) is 40.2 Å². The predicted octanol–water partition coefficient (Wildman–Crippen LogP) is 1.51. The normalized spacial score (nSPS) is 18.8. The van der Waals surface area contributed by atoms with E-state index in [1.54, 1.807) is 6.33 Å². The van der Waals surface area contributed by atoms with Gasteiger partial charge < -0.3 is 14.8 Å². The fourth-order valence-electron chi connectivity index (χ4n) is 4.29. The minimum Gasteiger partial charge on any atom is -0.356 e. The van der Waals surface area contributed by atoms with Crippen LogP contribution in [0.5, 0.6) is 0 Å². The summed E-state index contributed by atoms with van der Waals surface area (Å²) in [6.07, 6.45) is 10.6. The molecule has 0 saturated carbocycles. The van der Waals surface area contributed by atoms with E-state index < -0.39 is 0 Å². The Balaban J connectivity index is 1.22. The zero-order valence-corrected chi connectivity index (χ0v) is 16.8. The molecule has 2 aliphatic rings. The molecule has 28 heavy (non-hydrogen) atoms. The summed E-state index contributed by atoms with van der Waals surface area (Å²) >= 11 is 0. The summed E-state index contributed by atoms with van der Waals surface area (Å²) in [7, 11) is 1.86. The van der Waals surface area contributed by atoms with Gasteiger partial charge in [-0.15, -0.1) is 10.2 Å². The number of H-pyrrole nitrogens is 1. The number of aliphatic imine (C=N–C) groups is 1. The van der Waals surface area contributed by atoms with Gasteiger partial charge in [0.15, 0.2) is 5.96 Å². The average Bonchev–Trinajstić information content (AvgIpc) is 3.34. The van der Waals surface area contributed by atoms with Gasteiger partial charge in [-0.3, -0.25) is 10.1 Å². The van der Waals surface area contributed by atoms with E-state index in [1.807, 2.05) is 7.05 Å². The van der Waals surface area contributed by atoms with Gasteiger partial charge >= 0.3 is 0 Å². The molecule has 2 aliphatic heterocycles. The number of aromatic nitrogens is 6. The van der Waals surface area contributed by atoms with E-state index in [0.717, 1.165) is 75.9 Å². The second-order valence-electron chi connectivity index (χ2n) is 7.70. The molecule has 2 aromatic heterocycles. The Morgan fingerprint density at radius 1 is 1.21 bits per heavy atom. The molecule has 1 saturated heterocycles. The fourth-order valence-corrected chi connectivity index (χ4v) is 4.29. The van der Waals surface area contributed by atoms with Crippen LogP contribution in [0.15, 0.2) is 11.3 Å². The number of aryl methyl sites for hydroxylation is 2. The summed E-state index contributed by atoms with van der Waals surface area (Å²) in [5.41, 5.74) is 0. The van der Waals surface area contributed by atoms with Crippen LogP contribution in [-0.4, -0.2) is 67.5 Å². The number of piperidine rings is 1. The van der Waals surface area contributed by atoms with E-state index in [9.17, 15) is 0 Å². The summed E-state index contributed by atoms with van der Waals surface area (Å²) in [5.74, 6) is 4.79. The molecule has 0 bridgehead atoms. The molecule has 4 rings (SSSR count). The first-order valence-corrected chi connectivity index (χ1v) is 10.6. The van der Waals surface area contributed by atoms with E-state index in [2.05, 4.69) is 45.2 Å². The monoisotopic (exact) mass is 385 g/mol. The van der Waals surface area contributed by atoms with Crippen LogP contribution in [0.4, 0.5) is 0 Å². The number of fused-ring (bicyclic) bond motifs is 1. The van der Waals surface area contributed by atoms with E-state index in [0.29, 0.717) is 5.92 Å². The van der Waals surface area contributed by atoms with E-state index in [4.69, 9.17) is 0 Å². The Kier molecular flexibility index (Phi) is 6.18. The molecule has 4 heterocycles. The number of nitrogens with zero attached hydrogens (tertiary/aromatic N) is 7. The van der Waals surface area contributed by atoms with Crippen molar-refractivity contribution in [2.75, 3.05) is 26.7 Å². The predicted molar refractivity (Wildman–Crippen MR) is 107 cm³/mol. The van der Waals surface area contributed by atoms with Crippen molar-refractivity contribution < 1.29 is 0 Å². The fraction of sp³-hybridized carbons (Fsp3) is 0.737. The second kappa shape index (κ2) is 9.16. The van der Waals surface area contributed by atoms with E-state index in [-0.39, 0.29) is 0 Å². The Hall–Kier alpha value is -2.45. The molecule has 152 valence electrons. The van der Waals surface area contributed by atoms with Gasteiger partial charge in [-0.25, -0.2) is 4.98 Å². The highest BCUT2D eigenvalue weighted by atomic mass is 15.3. The zero-order chi connectivity index (χ0) is 19.2. The smallest absolute Gasteiger partial charge is 0.193 e. The van der Waals surface area contributed by atoms with E-state index >= 15 is 0 Å². The van der Waals surface area contributed by atoms with Crippen LogP contribution in [-0.2, 0) is 19.4 Å². The van der Waals surface area contributed by atoms with Crippen LogP contribution in [0.25, 0.3) is 0 Å². The van der Waals surface area contributed by atoms with Gasteiger partial charge in [0.2, 0.25) is 0 Å². The van der Waals surface area contributed by atoms with E-state index in [1.165, 1.54) is 25.1 Å². The van der Waals surface area contributed by atoms with Crippen LogP contribution < -0.4 is 5.32 Å². The number of hydrogen-bond donors (Lipinski definition) is 2. The van der Waals surface area contributed by atoms with Gasteiger partial charge in [0.25, 0.3) is 0 Å². The minimum atomic E-state index is 0.472. The molecular weight excluding hydrogens is 354 g/mol. The Morgan fingerprint density at radius 3 is 2.89 bits per heavy atom. The second-order valence-corrected chi connectivity index (χ2v) is 7.70. The first-order chi connectivity index (χ1) is 13.8. The largest absolute Gasteiger partial charge is 0.356 e. The topological polar surface area (TPSA) is 99.9 Å². The maximum atomic E-state index is 4.48. The van der Waals surface area contributed by atoms with Crippen molar-refractivity contribution in [3.05, 3.63) is 23.8 Å². The van der Waals surface area contributed by atoms with Crippen molar-refractivity contribution in [1.29, 1.82) is 0 Å². The summed E-state index contributed by atoms with van der Waals surface area (Å²) in [6, 6.07) is 0. The molecule has 2 N–H and O–H groups in total. The Morgan fingerprint density at radius 2 is 2.11 bits per heavy atom. The molecular formula is C19H31N9. The number of likely N-dealkylation sites (tertiary alicyclic amines) is 1. The third-order valence-corrected chi connectivity index (χ3v) is 5.87. The lowest BCUT2D eigenvalue weighted by molar-refractivity contribution is 0.299. The zero-order valence-electron chi connectivity index (χ0n) is 16.8. The van der Waals surface area contributed by atoms with Crippen LogP contribution >= 0.6 is 0 Å². The molecule has 0 unspecified atom stereocenters. The number of nitrogens with one attached hydrogen (secondary N) is 2. The van der Waals surface area contributed by atoms with Gasteiger partial charge in [-0.1, -0.05) is 6.42 Å². The van der Waals surface area contributed by atoms with Crippen molar-refractivity contribution >= 4 is 5.96 Å². The molecule has 0 atom stereocenters. The van der Waals surface area contributed by atoms with Crippen molar-refractivity contribution in [3.63, 3.8) is 0 Å². The van der Waals surface area contributed by atoms with Crippen LogP contribution in [0, 0.1) is 0 Å². The lowest BCUT2D eigenvalue weighted by Crippen LogP contribution is -2.45. The third-order valence-electron chi connectivity index (χ3n) is 5.87. The number of rotatable bonds is 5. The highest BCUT2D eigenvalue weighted by molar-refractivity contribution is 5.79. The molecule has 9 nitrogen and oxygen atoms in total. The molecule has 0 amide bonds. The van der Waals surface area contributed by atoms with Crippen LogP contribution in [0.3, 0.4) is 0 Å². The highest BCUT2D eigenvalue weighted by Gasteiger charge is 2.24. The third kappa shape index (κ3) is 4.34. The average molecular weight is 386 g/mol. The molecule has 9 heteroatoms. The van der Waals surface area contributed by atoms with Gasteiger partial charge in [-0.05, 0) is 32.1 Å². The lowest BCUT2D eigenvalue weighted by Gasteiger charge is -2.33. The van der Waals surface area contributed by atoms with Crippen molar-refractivity contribution in [2.24, 2.45) is 4.99 Å². The van der Waals surface area contributed by atoms with Crippen molar-refractivity contribution in [2.45, 2.75) is 63.8 Å². The molecule has 0 radical (unpaired) electrons. The first-order valence-electron chi connectivity index (χ1n) is 10.6. The highest BCUT2D eigenvalue weighted by Crippen LogP contribution is 2.24. The summed E-state index contributed by atoms with van der Waals surface area (Å²) < 4.78 is 2.34. The van der Waals surface area contributed by atoms with Crippen molar-refractivity contribution in [3.8, 4) is 0 Å². The molecule has 0 aromatic carbocycles. The summed E-state index contributed by atoms with van der Waals surface area (Å²) in [6.45, 7) is 3.95. The standard InChI is InChI=1S/C19H31N9/c1-20-19(27-12-8-15(9-13-27)18-22-14-23-26-18)21-10-5-7-17-25-24-16-6-3-2-4-11-28(16)17/h14-15H,2-13H2,1H3,(H,20,21)(H,22,23,26). The van der Waals surface area contributed by atoms with Crippen LogP contribution in [0.1, 0.15) is 61.9 Å². The van der Waals surface area contributed by atoms with Gasteiger partial charge in [-0.2, -0.15) is 5.10 Å². The molecule has 0 spiro atoms. The lowest BCUT2D eigenvalue weighted by atomic mass is 9.96. The maximum Gasteiger partial charge on any atom is 0.193 e. The quantitative estimate of drug-likeness (QED) is 0.460. The number of guanidine groups is 1. The van der Waals surface area contributed by atoms with Gasteiger partial charge in [0.1, 0.15) is 23.8 Å². The molecule has 1 fully saturated rings. The SMILES string of the molecule is CN=C(NCCCc1nnc2n1CCCCC2)N1CCC(c2ncn[nH]2)CC1. The minimum absolute atomic E-state index is 0.472. The maximum absolute atomic E-state index is 4.48. The Bertz CT molecular complexity index is 756. The Labute approximate surface area is 166 Å².